The van der Waals surface area contributed by atoms with Gasteiger partial charge in [0.05, 0.1) is 25.6 Å². The van der Waals surface area contributed by atoms with Crippen LogP contribution in [0.15, 0.2) is 48.5 Å². The molecule has 0 aliphatic heterocycles. The van der Waals surface area contributed by atoms with Gasteiger partial charge >= 0.3 is 0 Å². The highest BCUT2D eigenvalue weighted by Gasteiger charge is 2.23. The van der Waals surface area contributed by atoms with Crippen molar-refractivity contribution in [1.29, 1.82) is 0 Å². The van der Waals surface area contributed by atoms with Gasteiger partial charge in [-0.05, 0) is 55.3 Å². The number of ether oxygens (including phenoxy) is 2. The van der Waals surface area contributed by atoms with Crippen molar-refractivity contribution in [1.82, 2.24) is 14.7 Å². The molecule has 0 fully saturated rings. The molecule has 0 aliphatic carbocycles. The topological polar surface area (TPSA) is 56.6 Å². The Bertz CT molecular complexity index is 1030. The SMILES string of the molecule is CCCN(CCC)C(=O)c1cc(-c2ccc(OC)cc2OC)nn1-c1ccc(F)cc1. The molecule has 3 rings (SSSR count). The number of hydrogen-bond donors (Lipinski definition) is 0. The van der Waals surface area contributed by atoms with Crippen LogP contribution in [-0.4, -0.2) is 47.9 Å². The van der Waals surface area contributed by atoms with Gasteiger partial charge in [0.25, 0.3) is 5.91 Å². The number of benzene rings is 2. The Balaban J connectivity index is 2.14. The molecule has 0 aliphatic rings. The highest BCUT2D eigenvalue weighted by molar-refractivity contribution is 5.94. The zero-order valence-corrected chi connectivity index (χ0v) is 18.4. The molecule has 0 bridgehead atoms. The number of halogens is 1. The molecule has 0 atom stereocenters. The first-order chi connectivity index (χ1) is 15.0. The van der Waals surface area contributed by atoms with E-state index < -0.39 is 0 Å². The number of methoxy groups -OCH3 is 2. The summed E-state index contributed by atoms with van der Waals surface area (Å²) in [5.74, 6) is 0.784. The summed E-state index contributed by atoms with van der Waals surface area (Å²) in [5, 5.41) is 4.69. The average Bonchev–Trinajstić information content (AvgIpc) is 3.23. The molecule has 0 unspecified atom stereocenters. The molecule has 0 N–H and O–H groups in total. The van der Waals surface area contributed by atoms with Crippen molar-refractivity contribution in [3.63, 3.8) is 0 Å². The predicted molar refractivity (Wildman–Crippen MR) is 119 cm³/mol. The predicted octanol–water partition coefficient (Wildman–Crippen LogP) is 4.96. The number of aromatic nitrogens is 2. The maximum atomic E-state index is 13.5. The average molecular weight is 426 g/mol. The summed E-state index contributed by atoms with van der Waals surface area (Å²) >= 11 is 0. The van der Waals surface area contributed by atoms with Crippen LogP contribution in [0.4, 0.5) is 4.39 Å². The van der Waals surface area contributed by atoms with Crippen molar-refractivity contribution < 1.29 is 18.7 Å². The minimum Gasteiger partial charge on any atom is -0.497 e. The zero-order valence-electron chi connectivity index (χ0n) is 18.4. The van der Waals surface area contributed by atoms with E-state index in [-0.39, 0.29) is 11.7 Å². The third-order valence-electron chi connectivity index (χ3n) is 4.96. The summed E-state index contributed by atoms with van der Waals surface area (Å²) in [6, 6.07) is 13.1. The summed E-state index contributed by atoms with van der Waals surface area (Å²) in [6.07, 6.45) is 1.71. The van der Waals surface area contributed by atoms with Crippen LogP contribution in [-0.2, 0) is 0 Å². The van der Waals surface area contributed by atoms with E-state index in [2.05, 4.69) is 0 Å². The first-order valence-electron chi connectivity index (χ1n) is 10.4. The molecule has 164 valence electrons. The van der Waals surface area contributed by atoms with E-state index in [0.29, 0.717) is 41.7 Å². The van der Waals surface area contributed by atoms with E-state index in [1.54, 1.807) is 43.2 Å². The van der Waals surface area contributed by atoms with Gasteiger partial charge in [0, 0.05) is 24.7 Å². The van der Waals surface area contributed by atoms with Gasteiger partial charge in [-0.25, -0.2) is 9.07 Å². The van der Waals surface area contributed by atoms with Crippen LogP contribution < -0.4 is 9.47 Å². The summed E-state index contributed by atoms with van der Waals surface area (Å²) < 4.78 is 25.9. The fraction of sp³-hybridized carbons (Fsp3) is 0.333. The van der Waals surface area contributed by atoms with Gasteiger partial charge in [-0.1, -0.05) is 13.8 Å². The van der Waals surface area contributed by atoms with Crippen molar-refractivity contribution in [2.75, 3.05) is 27.3 Å². The van der Waals surface area contributed by atoms with Crippen LogP contribution in [0.3, 0.4) is 0 Å². The van der Waals surface area contributed by atoms with E-state index in [1.807, 2.05) is 30.9 Å². The second-order valence-corrected chi connectivity index (χ2v) is 7.16. The summed E-state index contributed by atoms with van der Waals surface area (Å²) in [5.41, 5.74) is 2.34. The van der Waals surface area contributed by atoms with Crippen LogP contribution >= 0.6 is 0 Å². The molecule has 3 aromatic rings. The molecular formula is C24H28FN3O3. The summed E-state index contributed by atoms with van der Waals surface area (Å²) in [7, 11) is 3.16. The van der Waals surface area contributed by atoms with Gasteiger partial charge in [-0.2, -0.15) is 5.10 Å². The Hall–Kier alpha value is -3.35. The van der Waals surface area contributed by atoms with Crippen LogP contribution in [0, 0.1) is 5.82 Å². The number of carbonyl (C=O) groups excluding carboxylic acids is 1. The second kappa shape index (κ2) is 10.1. The third kappa shape index (κ3) is 4.87. The number of carbonyl (C=O) groups is 1. The van der Waals surface area contributed by atoms with Gasteiger partial charge in [0.2, 0.25) is 0 Å². The second-order valence-electron chi connectivity index (χ2n) is 7.16. The van der Waals surface area contributed by atoms with Crippen LogP contribution in [0.5, 0.6) is 11.5 Å². The van der Waals surface area contributed by atoms with Crippen molar-refractivity contribution in [3.8, 4) is 28.4 Å². The lowest BCUT2D eigenvalue weighted by atomic mass is 10.1. The minimum atomic E-state index is -0.348. The monoisotopic (exact) mass is 425 g/mol. The van der Waals surface area contributed by atoms with E-state index in [9.17, 15) is 9.18 Å². The number of nitrogens with zero attached hydrogens (tertiary/aromatic N) is 3. The van der Waals surface area contributed by atoms with E-state index in [4.69, 9.17) is 14.6 Å². The molecule has 6 nitrogen and oxygen atoms in total. The van der Waals surface area contributed by atoms with Gasteiger partial charge in [0.15, 0.2) is 0 Å². The normalized spacial score (nSPS) is 10.7. The molecule has 1 heterocycles. The fourth-order valence-electron chi connectivity index (χ4n) is 3.47. The van der Waals surface area contributed by atoms with Crippen molar-refractivity contribution in [2.24, 2.45) is 0 Å². The maximum absolute atomic E-state index is 13.5. The highest BCUT2D eigenvalue weighted by atomic mass is 19.1. The summed E-state index contributed by atoms with van der Waals surface area (Å²) in [6.45, 7) is 5.40. The Morgan fingerprint density at radius 2 is 1.68 bits per heavy atom. The largest absolute Gasteiger partial charge is 0.497 e. The van der Waals surface area contributed by atoms with E-state index in [0.717, 1.165) is 18.4 Å². The standard InChI is InChI=1S/C24H28FN3O3/c1-5-13-27(14-6-2)24(29)22-16-21(20-12-11-19(30-3)15-23(20)31-4)26-28(22)18-9-7-17(25)8-10-18/h7-12,15-16H,5-6,13-14H2,1-4H3. The van der Waals surface area contributed by atoms with Crippen LogP contribution in [0.2, 0.25) is 0 Å². The molecule has 1 amide bonds. The van der Waals surface area contributed by atoms with Gasteiger partial charge in [0.1, 0.15) is 23.0 Å². The van der Waals surface area contributed by atoms with Gasteiger partial charge < -0.3 is 14.4 Å². The molecular weight excluding hydrogens is 397 g/mol. The van der Waals surface area contributed by atoms with Crippen molar-refractivity contribution in [2.45, 2.75) is 26.7 Å². The lowest BCUT2D eigenvalue weighted by molar-refractivity contribution is 0.0746. The summed E-state index contributed by atoms with van der Waals surface area (Å²) in [4.78, 5) is 15.3. The molecule has 31 heavy (non-hydrogen) atoms. The smallest absolute Gasteiger partial charge is 0.272 e. The van der Waals surface area contributed by atoms with Gasteiger partial charge in [-0.3, -0.25) is 4.79 Å². The number of hydrogen-bond acceptors (Lipinski definition) is 4. The fourth-order valence-corrected chi connectivity index (χ4v) is 3.47. The van der Waals surface area contributed by atoms with Crippen molar-refractivity contribution >= 4 is 5.91 Å². The van der Waals surface area contributed by atoms with E-state index in [1.165, 1.54) is 12.1 Å². The molecule has 0 spiro atoms. The highest BCUT2D eigenvalue weighted by Crippen LogP contribution is 2.33. The zero-order chi connectivity index (χ0) is 22.4. The van der Waals surface area contributed by atoms with E-state index >= 15 is 0 Å². The Kier molecular flexibility index (Phi) is 7.28. The van der Waals surface area contributed by atoms with Crippen LogP contribution in [0.25, 0.3) is 16.9 Å². The molecule has 0 radical (unpaired) electrons. The Morgan fingerprint density at radius 1 is 1.00 bits per heavy atom. The molecule has 2 aromatic carbocycles. The minimum absolute atomic E-state index is 0.112. The van der Waals surface area contributed by atoms with Gasteiger partial charge in [-0.15, -0.1) is 0 Å². The lowest BCUT2D eigenvalue weighted by Gasteiger charge is -2.21. The third-order valence-corrected chi connectivity index (χ3v) is 4.96. The first kappa shape index (κ1) is 22.3. The Labute approximate surface area is 182 Å². The quantitative estimate of drug-likeness (QED) is 0.486. The lowest BCUT2D eigenvalue weighted by Crippen LogP contribution is -2.33. The first-order valence-corrected chi connectivity index (χ1v) is 10.4. The Morgan fingerprint density at radius 3 is 2.26 bits per heavy atom. The molecule has 1 aromatic heterocycles. The number of rotatable bonds is 9. The number of amides is 1. The maximum Gasteiger partial charge on any atom is 0.272 e. The molecule has 7 heteroatoms. The molecule has 0 saturated heterocycles. The molecule has 0 saturated carbocycles. The van der Waals surface area contributed by atoms with Crippen molar-refractivity contribution in [3.05, 3.63) is 60.0 Å². The van der Waals surface area contributed by atoms with Crippen LogP contribution in [0.1, 0.15) is 37.2 Å².